The minimum absolute atomic E-state index is 0.206. The minimum atomic E-state index is 0.206. The maximum absolute atomic E-state index is 2.55. The van der Waals surface area contributed by atoms with Crippen molar-refractivity contribution in [2.24, 2.45) is 11.8 Å². The quantitative estimate of drug-likeness (QED) is 0.168. The van der Waals surface area contributed by atoms with Crippen molar-refractivity contribution in [2.75, 3.05) is 4.90 Å². The normalized spacial score (nSPS) is 19.3. The number of rotatable bonds is 6. The molecule has 3 atom stereocenters. The van der Waals surface area contributed by atoms with Gasteiger partial charge in [-0.25, -0.2) is 0 Å². The predicted octanol–water partition coefficient (Wildman–Crippen LogP) is 14.4. The van der Waals surface area contributed by atoms with Crippen molar-refractivity contribution >= 4 is 27.8 Å². The van der Waals surface area contributed by atoms with Crippen LogP contribution in [0.3, 0.4) is 0 Å². The van der Waals surface area contributed by atoms with E-state index in [0.29, 0.717) is 0 Å². The lowest BCUT2D eigenvalue weighted by molar-refractivity contribution is 0.327. The lowest BCUT2D eigenvalue weighted by atomic mass is 9.66. The highest BCUT2D eigenvalue weighted by atomic mass is 15.1. The summed E-state index contributed by atoms with van der Waals surface area (Å²) in [5.74, 6) is 1.65. The molecule has 1 spiro atoms. The number of anilines is 3. The molecule has 3 aliphatic rings. The van der Waals surface area contributed by atoms with Crippen molar-refractivity contribution in [3.05, 3.63) is 199 Å². The fraction of sp³-hybridized carbons (Fsp3) is 0.132. The zero-order valence-electron chi connectivity index (χ0n) is 30.3. The van der Waals surface area contributed by atoms with Gasteiger partial charge in [0, 0.05) is 22.5 Å². The summed E-state index contributed by atoms with van der Waals surface area (Å²) in [6.07, 6.45) is 5.50. The van der Waals surface area contributed by atoms with Gasteiger partial charge in [-0.1, -0.05) is 152 Å². The molecular formula is C53H41N. The molecule has 2 saturated carbocycles. The van der Waals surface area contributed by atoms with Crippen LogP contribution in [-0.2, 0) is 5.41 Å². The van der Waals surface area contributed by atoms with Crippen molar-refractivity contribution in [2.45, 2.75) is 31.1 Å². The zero-order chi connectivity index (χ0) is 35.6. The van der Waals surface area contributed by atoms with Gasteiger partial charge in [-0.2, -0.15) is 0 Å². The molecule has 54 heavy (non-hydrogen) atoms. The number of hydrogen-bond acceptors (Lipinski definition) is 1. The molecule has 0 saturated heterocycles. The van der Waals surface area contributed by atoms with Crippen LogP contribution in [-0.4, -0.2) is 0 Å². The second kappa shape index (κ2) is 12.5. The van der Waals surface area contributed by atoms with Gasteiger partial charge in [0.1, 0.15) is 0 Å². The Hall–Kier alpha value is -6.18. The van der Waals surface area contributed by atoms with E-state index in [9.17, 15) is 0 Å². The summed E-state index contributed by atoms with van der Waals surface area (Å²) < 4.78 is 0. The number of fused-ring (bicyclic) bond motifs is 9. The van der Waals surface area contributed by atoms with Crippen LogP contribution in [0.15, 0.2) is 188 Å². The van der Waals surface area contributed by atoms with E-state index in [2.05, 4.69) is 193 Å². The molecule has 8 aromatic rings. The third kappa shape index (κ3) is 4.99. The zero-order valence-corrected chi connectivity index (χ0v) is 30.3. The van der Waals surface area contributed by atoms with Crippen LogP contribution in [0.4, 0.5) is 17.1 Å². The average molecular weight is 692 g/mol. The van der Waals surface area contributed by atoms with E-state index in [1.807, 2.05) is 0 Å². The topological polar surface area (TPSA) is 3.24 Å². The molecule has 3 unspecified atom stereocenters. The van der Waals surface area contributed by atoms with E-state index in [1.54, 1.807) is 11.1 Å². The Bertz CT molecular complexity index is 2650. The van der Waals surface area contributed by atoms with Crippen LogP contribution < -0.4 is 4.90 Å². The Morgan fingerprint density at radius 3 is 1.59 bits per heavy atom. The second-order valence-electron chi connectivity index (χ2n) is 15.8. The third-order valence-electron chi connectivity index (χ3n) is 12.9. The number of hydrogen-bond donors (Lipinski definition) is 0. The first-order valence-corrected chi connectivity index (χ1v) is 19.6. The molecule has 1 heteroatoms. The highest BCUT2D eigenvalue weighted by Crippen LogP contribution is 2.65. The fourth-order valence-corrected chi connectivity index (χ4v) is 10.4. The van der Waals surface area contributed by atoms with Crippen LogP contribution >= 0.6 is 0 Å². The standard InChI is InChI=1S/C53H41N/c1-2-8-37(9-3-1)40-19-26-46(27-20-40)54(48-30-23-38-10-4-5-11-43(38)33-48)47-28-21-41(22-29-47)39-15-17-42(18-16-39)44-24-31-50-49-12-6-7-13-51(49)53(52(50)34-44)35-36-14-25-45(53)32-36/h1-13,15-24,26-31,33-34,36,45H,14,25,32,35H2. The molecule has 0 heterocycles. The predicted molar refractivity (Wildman–Crippen MR) is 227 cm³/mol. The van der Waals surface area contributed by atoms with Gasteiger partial charge in [-0.3, -0.25) is 0 Å². The van der Waals surface area contributed by atoms with E-state index >= 15 is 0 Å². The highest BCUT2D eigenvalue weighted by molar-refractivity contribution is 5.90. The molecule has 2 bridgehead atoms. The lowest BCUT2D eigenvalue weighted by Crippen LogP contribution is -2.31. The van der Waals surface area contributed by atoms with Crippen molar-refractivity contribution in [3.8, 4) is 44.5 Å². The molecule has 0 radical (unpaired) electrons. The molecule has 8 aromatic carbocycles. The Morgan fingerprint density at radius 2 is 0.926 bits per heavy atom. The van der Waals surface area contributed by atoms with Crippen molar-refractivity contribution in [3.63, 3.8) is 0 Å². The SMILES string of the molecule is c1ccc(-c2ccc(N(c3ccc(-c4ccc(-c5ccc6c(c5)C5(CC7CCC5C7)c5ccccc5-6)cc4)cc3)c3ccc4ccccc4c3)cc2)cc1. The Balaban J connectivity index is 0.910. The van der Waals surface area contributed by atoms with Crippen molar-refractivity contribution in [1.29, 1.82) is 0 Å². The van der Waals surface area contributed by atoms with Crippen LogP contribution in [0.25, 0.3) is 55.3 Å². The van der Waals surface area contributed by atoms with Crippen molar-refractivity contribution in [1.82, 2.24) is 0 Å². The summed E-state index contributed by atoms with van der Waals surface area (Å²) in [5.41, 5.74) is 17.2. The van der Waals surface area contributed by atoms with E-state index in [1.165, 1.54) is 81.0 Å². The number of benzene rings is 8. The van der Waals surface area contributed by atoms with Crippen LogP contribution in [0.1, 0.15) is 36.8 Å². The molecular weight excluding hydrogens is 651 g/mol. The van der Waals surface area contributed by atoms with E-state index in [-0.39, 0.29) is 5.41 Å². The number of nitrogens with zero attached hydrogens (tertiary/aromatic N) is 1. The molecule has 0 N–H and O–H groups in total. The lowest BCUT2D eigenvalue weighted by Gasteiger charge is -2.36. The fourth-order valence-electron chi connectivity index (χ4n) is 10.4. The van der Waals surface area contributed by atoms with Crippen LogP contribution in [0.5, 0.6) is 0 Å². The molecule has 0 aliphatic heterocycles. The Morgan fingerprint density at radius 1 is 0.389 bits per heavy atom. The minimum Gasteiger partial charge on any atom is -0.310 e. The summed E-state index contributed by atoms with van der Waals surface area (Å²) in [6, 6.07) is 69.7. The maximum Gasteiger partial charge on any atom is 0.0468 e. The van der Waals surface area contributed by atoms with Gasteiger partial charge >= 0.3 is 0 Å². The molecule has 3 aliphatic carbocycles. The maximum atomic E-state index is 2.55. The van der Waals surface area contributed by atoms with Gasteiger partial charge < -0.3 is 4.90 Å². The summed E-state index contributed by atoms with van der Waals surface area (Å²) in [7, 11) is 0. The molecule has 258 valence electrons. The summed E-state index contributed by atoms with van der Waals surface area (Å²) in [6.45, 7) is 0. The van der Waals surface area contributed by atoms with Gasteiger partial charge in [0.15, 0.2) is 0 Å². The first-order chi connectivity index (χ1) is 26.7. The van der Waals surface area contributed by atoms with Gasteiger partial charge in [0.05, 0.1) is 0 Å². The smallest absolute Gasteiger partial charge is 0.0468 e. The molecule has 11 rings (SSSR count). The van der Waals surface area contributed by atoms with E-state index in [0.717, 1.165) is 28.9 Å². The first-order valence-electron chi connectivity index (χ1n) is 19.6. The van der Waals surface area contributed by atoms with Gasteiger partial charge in [-0.15, -0.1) is 0 Å². The molecule has 1 nitrogen and oxygen atoms in total. The summed E-state index contributed by atoms with van der Waals surface area (Å²) in [5, 5.41) is 2.48. The van der Waals surface area contributed by atoms with Crippen LogP contribution in [0.2, 0.25) is 0 Å². The van der Waals surface area contributed by atoms with E-state index in [4.69, 9.17) is 0 Å². The van der Waals surface area contributed by atoms with Gasteiger partial charge in [-0.05, 0) is 140 Å². The summed E-state index contributed by atoms with van der Waals surface area (Å²) in [4.78, 5) is 2.36. The van der Waals surface area contributed by atoms with Crippen molar-refractivity contribution < 1.29 is 0 Å². The van der Waals surface area contributed by atoms with Crippen LogP contribution in [0, 0.1) is 11.8 Å². The third-order valence-corrected chi connectivity index (χ3v) is 12.9. The Labute approximate surface area is 318 Å². The molecule has 0 aromatic heterocycles. The monoisotopic (exact) mass is 691 g/mol. The van der Waals surface area contributed by atoms with E-state index < -0.39 is 0 Å². The first kappa shape index (κ1) is 31.4. The van der Waals surface area contributed by atoms with Gasteiger partial charge in [0.25, 0.3) is 0 Å². The highest BCUT2D eigenvalue weighted by Gasteiger charge is 2.56. The molecule has 2 fully saturated rings. The largest absolute Gasteiger partial charge is 0.310 e. The second-order valence-corrected chi connectivity index (χ2v) is 15.8. The Kier molecular flexibility index (Phi) is 7.24. The van der Waals surface area contributed by atoms with Gasteiger partial charge in [0.2, 0.25) is 0 Å². The average Bonchev–Trinajstić information content (AvgIpc) is 3.94. The molecule has 0 amide bonds. The summed E-state index contributed by atoms with van der Waals surface area (Å²) >= 11 is 0.